The zero-order valence-electron chi connectivity index (χ0n) is 12.9. The first-order valence-electron chi connectivity index (χ1n) is 6.73. The molecule has 0 fully saturated rings. The van der Waals surface area contributed by atoms with Gasteiger partial charge in [-0.2, -0.15) is 0 Å². The molecule has 8 heteroatoms. The molecule has 0 aliphatic rings. The summed E-state index contributed by atoms with van der Waals surface area (Å²) in [6, 6.07) is 0. The number of carboxylic acid groups (broad SMARTS) is 1. The molecule has 7 nitrogen and oxygen atoms in total. The van der Waals surface area contributed by atoms with Crippen LogP contribution in [0.4, 0.5) is 0 Å². The lowest BCUT2D eigenvalue weighted by molar-refractivity contribution is 0.0690. The van der Waals surface area contributed by atoms with Crippen LogP contribution in [-0.4, -0.2) is 56.6 Å². The van der Waals surface area contributed by atoms with E-state index in [2.05, 4.69) is 9.71 Å². The molecule has 0 amide bonds. The number of aromatic amines is 1. The highest BCUT2D eigenvalue weighted by molar-refractivity contribution is 7.89. The van der Waals surface area contributed by atoms with Gasteiger partial charge < -0.3 is 15.0 Å². The Labute approximate surface area is 125 Å². The van der Waals surface area contributed by atoms with Crippen LogP contribution in [0.1, 0.15) is 34.6 Å². The number of nitrogens with one attached hydrogen (secondary N) is 2. The van der Waals surface area contributed by atoms with Crippen molar-refractivity contribution in [3.05, 3.63) is 17.0 Å². The molecule has 1 aromatic heterocycles. The van der Waals surface area contributed by atoms with Gasteiger partial charge in [-0.05, 0) is 47.3 Å². The fourth-order valence-corrected chi connectivity index (χ4v) is 3.70. The van der Waals surface area contributed by atoms with Crippen molar-refractivity contribution in [1.82, 2.24) is 14.6 Å². The van der Waals surface area contributed by atoms with Gasteiger partial charge in [-0.1, -0.05) is 0 Å². The third kappa shape index (κ3) is 4.55. The summed E-state index contributed by atoms with van der Waals surface area (Å²) in [7, 11) is 0.232. The zero-order chi connectivity index (χ0) is 16.2. The van der Waals surface area contributed by atoms with Gasteiger partial charge >= 0.3 is 5.97 Å². The van der Waals surface area contributed by atoms with E-state index in [1.54, 1.807) is 6.92 Å². The molecular formula is C13H23N3O4S. The summed E-state index contributed by atoms with van der Waals surface area (Å²) in [6.45, 7) is 4.28. The Bertz CT molecular complexity index is 605. The second kappa shape index (κ2) is 7.06. The van der Waals surface area contributed by atoms with Crippen molar-refractivity contribution in [2.24, 2.45) is 0 Å². The van der Waals surface area contributed by atoms with E-state index < -0.39 is 16.0 Å². The van der Waals surface area contributed by atoms with Gasteiger partial charge in [0.2, 0.25) is 10.0 Å². The van der Waals surface area contributed by atoms with Gasteiger partial charge in [-0.3, -0.25) is 0 Å². The highest BCUT2D eigenvalue weighted by Gasteiger charge is 2.25. The molecule has 0 atom stereocenters. The van der Waals surface area contributed by atoms with Crippen molar-refractivity contribution in [2.75, 3.05) is 27.2 Å². The Morgan fingerprint density at radius 3 is 2.38 bits per heavy atom. The number of unbranched alkanes of at least 4 members (excludes halogenated alkanes) is 1. The zero-order valence-corrected chi connectivity index (χ0v) is 13.7. The molecule has 120 valence electrons. The topological polar surface area (TPSA) is 102 Å². The summed E-state index contributed by atoms with van der Waals surface area (Å²) in [5, 5.41) is 9.02. The van der Waals surface area contributed by atoms with Crippen LogP contribution >= 0.6 is 0 Å². The molecule has 1 rings (SSSR count). The van der Waals surface area contributed by atoms with E-state index in [0.717, 1.165) is 19.4 Å². The first-order chi connectivity index (χ1) is 9.66. The van der Waals surface area contributed by atoms with Gasteiger partial charge in [0, 0.05) is 17.8 Å². The van der Waals surface area contributed by atoms with Crippen LogP contribution in [0.5, 0.6) is 0 Å². The lowest BCUT2D eigenvalue weighted by Gasteiger charge is -2.10. The van der Waals surface area contributed by atoms with Crippen LogP contribution < -0.4 is 4.72 Å². The van der Waals surface area contributed by atoms with Gasteiger partial charge in [0.25, 0.3) is 0 Å². The molecule has 0 spiro atoms. The fourth-order valence-electron chi connectivity index (χ4n) is 2.18. The number of carboxylic acids is 1. The molecule has 0 aliphatic heterocycles. The van der Waals surface area contributed by atoms with Crippen molar-refractivity contribution in [1.29, 1.82) is 0 Å². The molecule has 21 heavy (non-hydrogen) atoms. The van der Waals surface area contributed by atoms with Crippen molar-refractivity contribution in [2.45, 2.75) is 31.6 Å². The molecule has 0 radical (unpaired) electrons. The predicted molar refractivity (Wildman–Crippen MR) is 80.2 cm³/mol. The summed E-state index contributed by atoms with van der Waals surface area (Å²) in [6.07, 6.45) is 1.62. The van der Waals surface area contributed by atoms with Crippen LogP contribution in [0.15, 0.2) is 4.90 Å². The maximum absolute atomic E-state index is 12.3. The summed E-state index contributed by atoms with van der Waals surface area (Å²) < 4.78 is 27.1. The summed E-state index contributed by atoms with van der Waals surface area (Å²) in [5.74, 6) is -1.16. The van der Waals surface area contributed by atoms with Gasteiger partial charge in [0.15, 0.2) is 0 Å². The standard InChI is InChI=1S/C13H23N3O4S/c1-9-11(13(17)18)15-10(2)12(9)21(19,20)14-7-5-6-8-16(3)4/h14-15H,5-8H2,1-4H3,(H,17,18). The third-order valence-electron chi connectivity index (χ3n) is 3.18. The Balaban J connectivity index is 2.77. The molecular weight excluding hydrogens is 294 g/mol. The molecule has 1 heterocycles. The summed E-state index contributed by atoms with van der Waals surface area (Å²) in [4.78, 5) is 15.7. The molecule has 0 saturated heterocycles. The molecule has 1 aromatic rings. The number of hydrogen-bond acceptors (Lipinski definition) is 4. The number of aryl methyl sites for hydroxylation is 1. The minimum atomic E-state index is -3.69. The first-order valence-corrected chi connectivity index (χ1v) is 8.22. The number of aromatic carboxylic acids is 1. The van der Waals surface area contributed by atoms with Gasteiger partial charge in [-0.25, -0.2) is 17.9 Å². The van der Waals surface area contributed by atoms with Gasteiger partial charge in [0.05, 0.1) is 0 Å². The maximum Gasteiger partial charge on any atom is 0.352 e. The van der Waals surface area contributed by atoms with Crippen LogP contribution in [0.3, 0.4) is 0 Å². The highest BCUT2D eigenvalue weighted by Crippen LogP contribution is 2.22. The van der Waals surface area contributed by atoms with Crippen molar-refractivity contribution < 1.29 is 18.3 Å². The molecule has 0 saturated carbocycles. The molecule has 0 bridgehead atoms. The Morgan fingerprint density at radius 2 is 1.90 bits per heavy atom. The van der Waals surface area contributed by atoms with Crippen LogP contribution in [0, 0.1) is 13.8 Å². The predicted octanol–water partition coefficient (Wildman–Crippen LogP) is 0.950. The summed E-state index contributed by atoms with van der Waals surface area (Å²) >= 11 is 0. The van der Waals surface area contributed by atoms with E-state index in [0.29, 0.717) is 12.2 Å². The molecule has 3 N–H and O–H groups in total. The molecule has 0 aliphatic carbocycles. The highest BCUT2D eigenvalue weighted by atomic mass is 32.2. The number of rotatable bonds is 8. The SMILES string of the molecule is Cc1[nH]c(C(=O)O)c(C)c1S(=O)(=O)NCCCCN(C)C. The Hall–Kier alpha value is -1.38. The Morgan fingerprint density at radius 1 is 1.29 bits per heavy atom. The van der Waals surface area contributed by atoms with E-state index in [4.69, 9.17) is 5.11 Å². The number of aromatic nitrogens is 1. The quantitative estimate of drug-likeness (QED) is 0.620. The minimum absolute atomic E-state index is 0.0347. The average molecular weight is 317 g/mol. The minimum Gasteiger partial charge on any atom is -0.477 e. The largest absolute Gasteiger partial charge is 0.477 e. The number of nitrogens with zero attached hydrogens (tertiary/aromatic N) is 1. The van der Waals surface area contributed by atoms with Gasteiger partial charge in [-0.15, -0.1) is 0 Å². The maximum atomic E-state index is 12.3. The number of carbonyl (C=O) groups is 1. The normalized spacial score (nSPS) is 12.0. The lowest BCUT2D eigenvalue weighted by Crippen LogP contribution is -2.26. The smallest absolute Gasteiger partial charge is 0.352 e. The van der Waals surface area contributed by atoms with Crippen LogP contribution in [0.2, 0.25) is 0 Å². The van der Waals surface area contributed by atoms with Crippen LogP contribution in [-0.2, 0) is 10.0 Å². The lowest BCUT2D eigenvalue weighted by atomic mass is 10.2. The third-order valence-corrected chi connectivity index (χ3v) is 4.91. The van der Waals surface area contributed by atoms with E-state index in [-0.39, 0.29) is 16.2 Å². The fraction of sp³-hybridized carbons (Fsp3) is 0.615. The van der Waals surface area contributed by atoms with Crippen molar-refractivity contribution >= 4 is 16.0 Å². The van der Waals surface area contributed by atoms with E-state index >= 15 is 0 Å². The van der Waals surface area contributed by atoms with Crippen molar-refractivity contribution in [3.63, 3.8) is 0 Å². The Kier molecular flexibility index (Phi) is 5.94. The van der Waals surface area contributed by atoms with Gasteiger partial charge in [0.1, 0.15) is 10.6 Å². The number of hydrogen-bond donors (Lipinski definition) is 3. The van der Waals surface area contributed by atoms with E-state index in [9.17, 15) is 13.2 Å². The first kappa shape index (κ1) is 17.7. The summed E-state index contributed by atoms with van der Waals surface area (Å²) in [5.41, 5.74) is 0.493. The van der Waals surface area contributed by atoms with Crippen LogP contribution in [0.25, 0.3) is 0 Å². The molecule has 0 aromatic carbocycles. The van der Waals surface area contributed by atoms with E-state index in [1.165, 1.54) is 6.92 Å². The monoisotopic (exact) mass is 317 g/mol. The van der Waals surface area contributed by atoms with E-state index in [1.807, 2.05) is 19.0 Å². The second-order valence-corrected chi connectivity index (χ2v) is 7.00. The molecule has 0 unspecified atom stereocenters. The second-order valence-electron chi connectivity index (χ2n) is 5.29. The average Bonchev–Trinajstić information content (AvgIpc) is 2.64. The number of sulfonamides is 1. The van der Waals surface area contributed by atoms with Crippen molar-refractivity contribution in [3.8, 4) is 0 Å². The number of H-pyrrole nitrogens is 1.